The van der Waals surface area contributed by atoms with E-state index in [4.69, 9.17) is 0 Å². The van der Waals surface area contributed by atoms with E-state index in [0.29, 0.717) is 24.2 Å². The smallest absolute Gasteiger partial charge is 0.332 e. The van der Waals surface area contributed by atoms with Crippen LogP contribution in [-0.4, -0.2) is 40.3 Å². The van der Waals surface area contributed by atoms with Gasteiger partial charge in [0.1, 0.15) is 12.1 Å². The first-order valence-corrected chi connectivity index (χ1v) is 14.9. The van der Waals surface area contributed by atoms with Gasteiger partial charge >= 0.3 is 6.03 Å². The fourth-order valence-electron chi connectivity index (χ4n) is 6.94. The maximum Gasteiger partial charge on any atom is 0.332 e. The fraction of sp³-hybridized carbons (Fsp3) is 0.286. The van der Waals surface area contributed by atoms with Crippen LogP contribution in [0, 0.1) is 6.92 Å². The van der Waals surface area contributed by atoms with Gasteiger partial charge in [0.2, 0.25) is 0 Å². The minimum Gasteiger partial charge on any atom is -0.356 e. The standard InChI is InChI=1S/C35H34N4O3/c1-22-11-5-6-14-24(22)32-31-27(25-15-7-9-17-28(25)37-31)21-30-34(41)39(35(42)38(30)32)29-18-10-8-16-26(29)33(40)36-20-19-23-12-3-2-4-13-23/h5-12,14-18,30,32,37H,2-4,13,19-21H2,1H3,(H,36,40). The maximum absolute atomic E-state index is 14.3. The van der Waals surface area contributed by atoms with Crippen molar-refractivity contribution in [3.63, 3.8) is 0 Å². The van der Waals surface area contributed by atoms with Crippen LogP contribution < -0.4 is 10.2 Å². The van der Waals surface area contributed by atoms with Crippen molar-refractivity contribution in [1.29, 1.82) is 0 Å². The number of carbonyl (C=O) groups is 3. The number of rotatable bonds is 6. The Morgan fingerprint density at radius 2 is 1.76 bits per heavy atom. The van der Waals surface area contributed by atoms with Crippen molar-refractivity contribution in [2.24, 2.45) is 0 Å². The Morgan fingerprint density at radius 3 is 2.60 bits per heavy atom. The van der Waals surface area contributed by atoms with Crippen molar-refractivity contribution < 1.29 is 14.4 Å². The van der Waals surface area contributed by atoms with Crippen molar-refractivity contribution in [3.8, 4) is 0 Å². The highest BCUT2D eigenvalue weighted by molar-refractivity contribution is 6.24. The molecule has 0 spiro atoms. The molecule has 1 saturated heterocycles. The van der Waals surface area contributed by atoms with E-state index < -0.39 is 18.1 Å². The topological polar surface area (TPSA) is 85.5 Å². The summed E-state index contributed by atoms with van der Waals surface area (Å²) < 4.78 is 0. The molecule has 1 aromatic heterocycles. The summed E-state index contributed by atoms with van der Waals surface area (Å²) in [5.74, 6) is -0.582. The second-order valence-electron chi connectivity index (χ2n) is 11.5. The highest BCUT2D eigenvalue weighted by Gasteiger charge is 2.53. The molecule has 3 aromatic carbocycles. The third-order valence-corrected chi connectivity index (χ3v) is 9.04. The van der Waals surface area contributed by atoms with E-state index in [-0.39, 0.29) is 11.8 Å². The van der Waals surface area contributed by atoms with Gasteiger partial charge in [-0.1, -0.05) is 66.2 Å². The molecule has 42 heavy (non-hydrogen) atoms. The van der Waals surface area contributed by atoms with Crippen LogP contribution in [0.15, 0.2) is 84.4 Å². The van der Waals surface area contributed by atoms with Crippen LogP contribution in [0.25, 0.3) is 10.9 Å². The molecule has 4 amide bonds. The van der Waals surface area contributed by atoms with E-state index >= 15 is 0 Å². The zero-order valence-electron chi connectivity index (χ0n) is 23.7. The molecular formula is C35H34N4O3. The highest BCUT2D eigenvalue weighted by atomic mass is 16.2. The molecule has 4 aromatic rings. The number of nitrogens with one attached hydrogen (secondary N) is 2. The first-order valence-electron chi connectivity index (χ1n) is 14.9. The Balaban J connectivity index is 1.25. The van der Waals surface area contributed by atoms with E-state index in [2.05, 4.69) is 22.4 Å². The quantitative estimate of drug-likeness (QED) is 0.207. The zero-order valence-corrected chi connectivity index (χ0v) is 23.7. The zero-order chi connectivity index (χ0) is 28.8. The number of carbonyl (C=O) groups excluding carboxylic acids is 3. The Labute approximate surface area is 245 Å². The van der Waals surface area contributed by atoms with Crippen LogP contribution in [-0.2, 0) is 11.2 Å². The van der Waals surface area contributed by atoms with Gasteiger partial charge in [0.15, 0.2) is 0 Å². The summed E-state index contributed by atoms with van der Waals surface area (Å²) in [5, 5.41) is 4.09. The summed E-state index contributed by atoms with van der Waals surface area (Å²) in [5.41, 5.74) is 7.04. The van der Waals surface area contributed by atoms with Crippen LogP contribution in [0.4, 0.5) is 10.5 Å². The number of nitrogens with zero attached hydrogens (tertiary/aromatic N) is 2. The van der Waals surface area contributed by atoms with E-state index in [1.807, 2.05) is 49.4 Å². The van der Waals surface area contributed by atoms with Gasteiger partial charge in [-0.2, -0.15) is 0 Å². The van der Waals surface area contributed by atoms with Gasteiger partial charge in [-0.15, -0.1) is 0 Å². The summed E-state index contributed by atoms with van der Waals surface area (Å²) in [7, 11) is 0. The molecule has 1 aliphatic carbocycles. The Morgan fingerprint density at radius 1 is 0.976 bits per heavy atom. The molecule has 7 nitrogen and oxygen atoms in total. The number of H-pyrrole nitrogens is 1. The molecule has 212 valence electrons. The number of allylic oxidation sites excluding steroid dienone is 1. The lowest BCUT2D eigenvalue weighted by Crippen LogP contribution is -2.44. The number of hydrogen-bond acceptors (Lipinski definition) is 3. The van der Waals surface area contributed by atoms with Crippen LogP contribution in [0.3, 0.4) is 0 Å². The molecule has 3 aliphatic rings. The number of para-hydroxylation sites is 2. The number of aromatic nitrogens is 1. The van der Waals surface area contributed by atoms with Crippen molar-refractivity contribution in [2.75, 3.05) is 11.4 Å². The fourth-order valence-corrected chi connectivity index (χ4v) is 6.94. The predicted molar refractivity (Wildman–Crippen MR) is 163 cm³/mol. The number of anilines is 1. The maximum atomic E-state index is 14.3. The van der Waals surface area contributed by atoms with Crippen molar-refractivity contribution >= 4 is 34.4 Å². The van der Waals surface area contributed by atoms with E-state index in [1.165, 1.54) is 23.3 Å². The number of urea groups is 1. The van der Waals surface area contributed by atoms with Gasteiger partial charge < -0.3 is 10.3 Å². The van der Waals surface area contributed by atoms with E-state index in [9.17, 15) is 14.4 Å². The van der Waals surface area contributed by atoms with E-state index in [0.717, 1.165) is 52.5 Å². The molecule has 0 saturated carbocycles. The van der Waals surface area contributed by atoms with Gasteiger partial charge in [0, 0.05) is 29.6 Å². The molecule has 1 fully saturated rings. The molecule has 7 heteroatoms. The highest BCUT2D eigenvalue weighted by Crippen LogP contribution is 2.45. The molecule has 2 N–H and O–H groups in total. The van der Waals surface area contributed by atoms with Crippen LogP contribution in [0.2, 0.25) is 0 Å². The minimum absolute atomic E-state index is 0.279. The average Bonchev–Trinajstić information content (AvgIpc) is 3.51. The predicted octanol–water partition coefficient (Wildman–Crippen LogP) is 6.58. The van der Waals surface area contributed by atoms with Gasteiger partial charge in [-0.25, -0.2) is 9.69 Å². The first-order chi connectivity index (χ1) is 20.5. The number of fused-ring (bicyclic) bond motifs is 4. The lowest BCUT2D eigenvalue weighted by atomic mass is 9.87. The van der Waals surface area contributed by atoms with Gasteiger partial charge in [0.05, 0.1) is 11.3 Å². The number of benzene rings is 3. The largest absolute Gasteiger partial charge is 0.356 e. The molecular weight excluding hydrogens is 524 g/mol. The SMILES string of the molecule is Cc1ccccc1C1c2[nH]c3ccccc3c2CC2C(=O)N(c3ccccc3C(=O)NCCC3=CCCCC3)C(=O)N21. The average molecular weight is 559 g/mol. The van der Waals surface area contributed by atoms with Gasteiger partial charge in [0.25, 0.3) is 11.8 Å². The third-order valence-electron chi connectivity index (χ3n) is 9.04. The lowest BCUT2D eigenvalue weighted by Gasteiger charge is -2.36. The first kappa shape index (κ1) is 26.3. The molecule has 0 bridgehead atoms. The molecule has 2 atom stereocenters. The number of imide groups is 1. The normalized spacial score (nSPS) is 20.0. The Bertz CT molecular complexity index is 1750. The number of aromatic amines is 1. The molecule has 7 rings (SSSR count). The molecule has 2 aliphatic heterocycles. The van der Waals surface area contributed by atoms with Crippen molar-refractivity contribution in [1.82, 2.24) is 15.2 Å². The lowest BCUT2D eigenvalue weighted by molar-refractivity contribution is -0.120. The second-order valence-corrected chi connectivity index (χ2v) is 11.5. The summed E-state index contributed by atoms with van der Waals surface area (Å²) in [4.78, 5) is 48.5. The Kier molecular flexibility index (Phi) is 6.65. The second kappa shape index (κ2) is 10.6. The van der Waals surface area contributed by atoms with Gasteiger partial charge in [-0.3, -0.25) is 14.5 Å². The van der Waals surface area contributed by atoms with Crippen LogP contribution >= 0.6 is 0 Å². The molecule has 0 radical (unpaired) electrons. The minimum atomic E-state index is -0.678. The third kappa shape index (κ3) is 4.31. The molecule has 3 heterocycles. The number of hydrogen-bond donors (Lipinski definition) is 2. The van der Waals surface area contributed by atoms with Crippen molar-refractivity contribution in [3.05, 3.63) is 112 Å². The summed E-state index contributed by atoms with van der Waals surface area (Å²) in [6.07, 6.45) is 8.12. The van der Waals surface area contributed by atoms with Crippen LogP contribution in [0.1, 0.15) is 70.9 Å². The van der Waals surface area contributed by atoms with Gasteiger partial charge in [-0.05, 0) is 73.9 Å². The Hall–Kier alpha value is -4.65. The van der Waals surface area contributed by atoms with E-state index in [1.54, 1.807) is 29.2 Å². The van der Waals surface area contributed by atoms with Crippen molar-refractivity contribution in [2.45, 2.75) is 57.5 Å². The summed E-state index contributed by atoms with van der Waals surface area (Å²) in [6, 6.07) is 21.5. The summed E-state index contributed by atoms with van der Waals surface area (Å²) >= 11 is 0. The summed E-state index contributed by atoms with van der Waals surface area (Å²) in [6.45, 7) is 2.55. The van der Waals surface area contributed by atoms with Crippen LogP contribution in [0.5, 0.6) is 0 Å². The monoisotopic (exact) mass is 558 g/mol. The number of aryl methyl sites for hydroxylation is 1. The number of amides is 4. The molecule has 2 unspecified atom stereocenters.